The maximum Gasteiger partial charge on any atom is 0.181 e. The number of hydrogen-bond donors (Lipinski definition) is 1. The molecular weight excluding hydrogens is 214 g/mol. The lowest BCUT2D eigenvalue weighted by molar-refractivity contribution is 0.584. The van der Waals surface area contributed by atoms with E-state index >= 15 is 0 Å². The number of nitrogens with one attached hydrogen (secondary N) is 1. The lowest BCUT2D eigenvalue weighted by Gasteiger charge is -1.95. The molecule has 0 saturated carbocycles. The highest BCUT2D eigenvalue weighted by atomic mass is 19.1. The summed E-state index contributed by atoms with van der Waals surface area (Å²) < 4.78 is 25.8. The van der Waals surface area contributed by atoms with Crippen molar-refractivity contribution in [3.05, 3.63) is 35.7 Å². The highest BCUT2D eigenvalue weighted by Gasteiger charge is 2.08. The molecule has 16 heavy (non-hydrogen) atoms. The Labute approximate surface area is 89.6 Å². The van der Waals surface area contributed by atoms with E-state index in [1.165, 1.54) is 0 Å². The van der Waals surface area contributed by atoms with Gasteiger partial charge in [0.25, 0.3) is 0 Å². The van der Waals surface area contributed by atoms with Gasteiger partial charge < -0.3 is 0 Å². The first-order chi connectivity index (χ1) is 7.69. The van der Waals surface area contributed by atoms with E-state index in [1.54, 1.807) is 0 Å². The summed E-state index contributed by atoms with van der Waals surface area (Å²) in [6.45, 7) is 0. The van der Waals surface area contributed by atoms with Crippen molar-refractivity contribution in [2.75, 3.05) is 0 Å². The van der Waals surface area contributed by atoms with Crippen molar-refractivity contribution in [1.29, 1.82) is 5.26 Å². The molecular formula is C10H6F2N4. The predicted octanol–water partition coefficient (Wildman–Crippen LogP) is 1.82. The molecule has 1 N–H and O–H groups in total. The summed E-state index contributed by atoms with van der Waals surface area (Å²) in [7, 11) is 0. The molecule has 0 aliphatic rings. The van der Waals surface area contributed by atoms with Crippen molar-refractivity contribution in [3.8, 4) is 17.5 Å². The molecule has 80 valence electrons. The van der Waals surface area contributed by atoms with Crippen LogP contribution in [0.15, 0.2) is 18.2 Å². The number of H-pyrrole nitrogens is 1. The van der Waals surface area contributed by atoms with Gasteiger partial charge in [0.15, 0.2) is 5.82 Å². The Bertz CT molecular complexity index is 536. The molecule has 2 aromatic rings. The van der Waals surface area contributed by atoms with Crippen LogP contribution in [0.1, 0.15) is 5.82 Å². The third-order valence-electron chi connectivity index (χ3n) is 1.90. The smallest absolute Gasteiger partial charge is 0.181 e. The summed E-state index contributed by atoms with van der Waals surface area (Å²) in [6, 6.07) is 4.91. The van der Waals surface area contributed by atoms with Gasteiger partial charge in [0.05, 0.1) is 12.5 Å². The first-order valence-corrected chi connectivity index (χ1v) is 4.44. The molecule has 0 fully saturated rings. The maximum atomic E-state index is 12.9. The van der Waals surface area contributed by atoms with Crippen molar-refractivity contribution in [1.82, 2.24) is 15.2 Å². The largest absolute Gasteiger partial charge is 0.262 e. The molecule has 0 radical (unpaired) electrons. The second-order valence-electron chi connectivity index (χ2n) is 3.10. The molecule has 0 bridgehead atoms. The van der Waals surface area contributed by atoms with E-state index in [2.05, 4.69) is 15.2 Å². The van der Waals surface area contributed by atoms with Gasteiger partial charge in [0.1, 0.15) is 17.5 Å². The topological polar surface area (TPSA) is 65.4 Å². The van der Waals surface area contributed by atoms with Gasteiger partial charge in [-0.05, 0) is 12.1 Å². The van der Waals surface area contributed by atoms with E-state index in [0.29, 0.717) is 5.82 Å². The lowest BCUT2D eigenvalue weighted by Crippen LogP contribution is -1.86. The van der Waals surface area contributed by atoms with E-state index in [9.17, 15) is 8.78 Å². The molecule has 4 nitrogen and oxygen atoms in total. The molecule has 1 aromatic carbocycles. The Hall–Kier alpha value is -2.29. The first-order valence-electron chi connectivity index (χ1n) is 4.44. The van der Waals surface area contributed by atoms with Crippen LogP contribution in [-0.4, -0.2) is 15.2 Å². The zero-order valence-electron chi connectivity index (χ0n) is 8.04. The average Bonchev–Trinajstić information content (AvgIpc) is 2.65. The number of nitrogens with zero attached hydrogens (tertiary/aromatic N) is 3. The summed E-state index contributed by atoms with van der Waals surface area (Å²) >= 11 is 0. The third kappa shape index (κ3) is 2.03. The van der Waals surface area contributed by atoms with Crippen molar-refractivity contribution in [2.24, 2.45) is 0 Å². The second kappa shape index (κ2) is 4.06. The summed E-state index contributed by atoms with van der Waals surface area (Å²) in [6.07, 6.45) is 0.0742. The molecule has 0 aliphatic heterocycles. The summed E-state index contributed by atoms with van der Waals surface area (Å²) in [4.78, 5) is 3.93. The van der Waals surface area contributed by atoms with Crippen LogP contribution in [0.2, 0.25) is 0 Å². The zero-order valence-corrected chi connectivity index (χ0v) is 8.04. The standard InChI is InChI=1S/C10H6F2N4/c11-7-3-6(4-8(12)5-7)10-14-9(1-2-13)15-16-10/h3-5H,1H2,(H,14,15,16). The average molecular weight is 220 g/mol. The fourth-order valence-corrected chi connectivity index (χ4v) is 1.26. The van der Waals surface area contributed by atoms with Gasteiger partial charge in [-0.3, -0.25) is 5.10 Å². The fourth-order valence-electron chi connectivity index (χ4n) is 1.26. The number of aromatic amines is 1. The molecule has 0 amide bonds. The summed E-state index contributed by atoms with van der Waals surface area (Å²) in [5, 5.41) is 14.7. The number of benzene rings is 1. The van der Waals surface area contributed by atoms with Gasteiger partial charge in [-0.2, -0.15) is 10.4 Å². The normalized spacial score (nSPS) is 10.1. The lowest BCUT2D eigenvalue weighted by atomic mass is 10.2. The number of hydrogen-bond acceptors (Lipinski definition) is 3. The Kier molecular flexibility index (Phi) is 2.60. The van der Waals surface area contributed by atoms with Gasteiger partial charge in [-0.15, -0.1) is 0 Å². The zero-order chi connectivity index (χ0) is 11.5. The molecule has 2 rings (SSSR count). The van der Waals surface area contributed by atoms with Crippen molar-refractivity contribution < 1.29 is 8.78 Å². The Balaban J connectivity index is 2.39. The van der Waals surface area contributed by atoms with E-state index in [4.69, 9.17) is 5.26 Å². The number of aromatic nitrogens is 3. The number of rotatable bonds is 2. The third-order valence-corrected chi connectivity index (χ3v) is 1.90. The fraction of sp³-hybridized carbons (Fsp3) is 0.100. The second-order valence-corrected chi connectivity index (χ2v) is 3.10. The Morgan fingerprint density at radius 3 is 2.56 bits per heavy atom. The van der Waals surface area contributed by atoms with Crippen molar-refractivity contribution >= 4 is 0 Å². The minimum atomic E-state index is -0.693. The van der Waals surface area contributed by atoms with E-state index in [-0.39, 0.29) is 17.8 Å². The Morgan fingerprint density at radius 2 is 1.94 bits per heavy atom. The van der Waals surface area contributed by atoms with Crippen molar-refractivity contribution in [3.63, 3.8) is 0 Å². The molecule has 1 heterocycles. The van der Waals surface area contributed by atoms with Crippen LogP contribution in [0.3, 0.4) is 0 Å². The SMILES string of the molecule is N#CCc1nc(-c2cc(F)cc(F)c2)n[nH]1. The molecule has 0 saturated heterocycles. The molecule has 1 aromatic heterocycles. The maximum absolute atomic E-state index is 12.9. The molecule has 0 atom stereocenters. The van der Waals surface area contributed by atoms with Crippen molar-refractivity contribution in [2.45, 2.75) is 6.42 Å². The van der Waals surface area contributed by atoms with Gasteiger partial charge in [0.2, 0.25) is 0 Å². The van der Waals surface area contributed by atoms with Gasteiger partial charge >= 0.3 is 0 Å². The molecule has 0 spiro atoms. The van der Waals surface area contributed by atoms with Gasteiger partial charge in [-0.25, -0.2) is 13.8 Å². The van der Waals surface area contributed by atoms with E-state index in [1.807, 2.05) is 6.07 Å². The first kappa shape index (κ1) is 10.2. The summed E-state index contributed by atoms with van der Waals surface area (Å²) in [5.41, 5.74) is 0.234. The van der Waals surface area contributed by atoms with Crippen LogP contribution in [0, 0.1) is 23.0 Å². The highest BCUT2D eigenvalue weighted by Crippen LogP contribution is 2.17. The minimum absolute atomic E-state index is 0.0742. The highest BCUT2D eigenvalue weighted by molar-refractivity contribution is 5.54. The number of halogens is 2. The van der Waals surface area contributed by atoms with Gasteiger partial charge in [-0.1, -0.05) is 0 Å². The monoisotopic (exact) mass is 220 g/mol. The van der Waals surface area contributed by atoms with Crippen LogP contribution < -0.4 is 0 Å². The van der Waals surface area contributed by atoms with Crippen LogP contribution >= 0.6 is 0 Å². The van der Waals surface area contributed by atoms with Crippen LogP contribution in [0.5, 0.6) is 0 Å². The molecule has 0 unspecified atom stereocenters. The van der Waals surface area contributed by atoms with E-state index in [0.717, 1.165) is 18.2 Å². The predicted molar refractivity (Wildman–Crippen MR) is 51.1 cm³/mol. The summed E-state index contributed by atoms with van der Waals surface area (Å²) in [5.74, 6) is -0.853. The number of nitriles is 1. The van der Waals surface area contributed by atoms with E-state index < -0.39 is 11.6 Å². The quantitative estimate of drug-likeness (QED) is 0.839. The Morgan fingerprint density at radius 1 is 1.25 bits per heavy atom. The molecule has 6 heteroatoms. The molecule has 0 aliphatic carbocycles. The minimum Gasteiger partial charge on any atom is -0.262 e. The van der Waals surface area contributed by atoms with Crippen LogP contribution in [0.4, 0.5) is 8.78 Å². The van der Waals surface area contributed by atoms with Crippen LogP contribution in [-0.2, 0) is 6.42 Å². The van der Waals surface area contributed by atoms with Gasteiger partial charge in [0, 0.05) is 11.6 Å². The van der Waals surface area contributed by atoms with Crippen LogP contribution in [0.25, 0.3) is 11.4 Å².